The van der Waals surface area contributed by atoms with Gasteiger partial charge in [-0.15, -0.1) is 0 Å². The van der Waals surface area contributed by atoms with Gasteiger partial charge >= 0.3 is 0 Å². The summed E-state index contributed by atoms with van der Waals surface area (Å²) in [5, 5.41) is 7.62. The number of aromatic nitrogens is 2. The van der Waals surface area contributed by atoms with Gasteiger partial charge < -0.3 is 9.55 Å². The molecule has 8 aromatic rings. The Labute approximate surface area is 208 Å². The summed E-state index contributed by atoms with van der Waals surface area (Å²) >= 11 is 0. The van der Waals surface area contributed by atoms with Crippen LogP contribution in [-0.2, 0) is 0 Å². The molecule has 8 rings (SSSR count). The number of nitrogens with one attached hydrogen (secondary N) is 1. The third-order valence-electron chi connectivity index (χ3n) is 7.51. The highest BCUT2D eigenvalue weighted by Gasteiger charge is 2.16. The van der Waals surface area contributed by atoms with Crippen molar-refractivity contribution in [3.8, 4) is 16.8 Å². The Kier molecular flexibility index (Phi) is 3.97. The summed E-state index contributed by atoms with van der Waals surface area (Å²) in [6.45, 7) is 0. The summed E-state index contributed by atoms with van der Waals surface area (Å²) in [6.07, 6.45) is 0. The van der Waals surface area contributed by atoms with Crippen molar-refractivity contribution in [2.45, 2.75) is 0 Å². The zero-order valence-corrected chi connectivity index (χ0v) is 19.6. The molecule has 2 heteroatoms. The average Bonchev–Trinajstić information content (AvgIpc) is 3.48. The standard InChI is InChI=1S/C34H22N2/c1-2-9-25(10-3-1)36-33-19-16-23(20-30(33)29-18-14-22-8-4-5-11-26(22)34(29)36)24-15-17-28-27-12-6-7-13-31(27)35-32(28)21-24/h1-21,35H. The zero-order valence-electron chi connectivity index (χ0n) is 19.6. The minimum atomic E-state index is 1.17. The molecule has 1 N–H and O–H groups in total. The van der Waals surface area contributed by atoms with Crippen molar-refractivity contribution >= 4 is 54.4 Å². The van der Waals surface area contributed by atoms with Crippen LogP contribution in [0.25, 0.3) is 71.2 Å². The van der Waals surface area contributed by atoms with Crippen LogP contribution < -0.4 is 0 Å². The fraction of sp³-hybridized carbons (Fsp3) is 0. The van der Waals surface area contributed by atoms with Crippen molar-refractivity contribution in [2.75, 3.05) is 0 Å². The van der Waals surface area contributed by atoms with Gasteiger partial charge in [0.25, 0.3) is 0 Å². The van der Waals surface area contributed by atoms with Crippen molar-refractivity contribution in [3.63, 3.8) is 0 Å². The Hall–Kier alpha value is -4.82. The lowest BCUT2D eigenvalue weighted by atomic mass is 10.0. The second-order valence-corrected chi connectivity index (χ2v) is 9.52. The molecule has 0 aliphatic heterocycles. The van der Waals surface area contributed by atoms with Gasteiger partial charge in [-0.3, -0.25) is 0 Å². The van der Waals surface area contributed by atoms with Gasteiger partial charge in [-0.1, -0.05) is 91.0 Å². The summed E-state index contributed by atoms with van der Waals surface area (Å²) in [4.78, 5) is 3.60. The maximum Gasteiger partial charge on any atom is 0.0619 e. The molecule has 0 bridgehead atoms. The highest BCUT2D eigenvalue weighted by Crippen LogP contribution is 2.39. The third kappa shape index (κ3) is 2.73. The molecule has 0 radical (unpaired) electrons. The molecule has 2 nitrogen and oxygen atoms in total. The van der Waals surface area contributed by atoms with Gasteiger partial charge in [0.05, 0.1) is 11.0 Å². The summed E-state index contributed by atoms with van der Waals surface area (Å²) in [5.74, 6) is 0. The van der Waals surface area contributed by atoms with Gasteiger partial charge in [0.1, 0.15) is 0 Å². The first-order chi connectivity index (χ1) is 17.8. The van der Waals surface area contributed by atoms with E-state index in [1.165, 1.54) is 71.2 Å². The minimum absolute atomic E-state index is 1.17. The van der Waals surface area contributed by atoms with E-state index >= 15 is 0 Å². The van der Waals surface area contributed by atoms with Crippen molar-refractivity contribution in [2.24, 2.45) is 0 Å². The van der Waals surface area contributed by atoms with E-state index < -0.39 is 0 Å². The summed E-state index contributed by atoms with van der Waals surface area (Å²) in [7, 11) is 0. The van der Waals surface area contributed by atoms with E-state index in [1.54, 1.807) is 0 Å². The van der Waals surface area contributed by atoms with Crippen LogP contribution in [0.5, 0.6) is 0 Å². The van der Waals surface area contributed by atoms with Gasteiger partial charge in [-0.2, -0.15) is 0 Å². The van der Waals surface area contributed by atoms with Gasteiger partial charge in [-0.25, -0.2) is 0 Å². The lowest BCUT2D eigenvalue weighted by Gasteiger charge is -2.10. The largest absolute Gasteiger partial charge is 0.354 e. The number of aromatic amines is 1. The number of para-hydroxylation sites is 2. The second kappa shape index (κ2) is 7.34. The average molecular weight is 459 g/mol. The monoisotopic (exact) mass is 458 g/mol. The highest BCUT2D eigenvalue weighted by atomic mass is 15.0. The molecular formula is C34H22N2. The Balaban J connectivity index is 1.42. The molecule has 0 fully saturated rings. The number of H-pyrrole nitrogens is 1. The minimum Gasteiger partial charge on any atom is -0.354 e. The van der Waals surface area contributed by atoms with Crippen LogP contribution in [0.3, 0.4) is 0 Å². The maximum absolute atomic E-state index is 3.60. The maximum atomic E-state index is 3.60. The van der Waals surface area contributed by atoms with Gasteiger partial charge in [0, 0.05) is 43.7 Å². The van der Waals surface area contributed by atoms with Gasteiger partial charge in [-0.05, 0) is 52.9 Å². The Morgan fingerprint density at radius 3 is 2.06 bits per heavy atom. The van der Waals surface area contributed by atoms with Crippen LogP contribution in [0.15, 0.2) is 127 Å². The van der Waals surface area contributed by atoms with E-state index in [1.807, 2.05) is 0 Å². The Morgan fingerprint density at radius 1 is 0.444 bits per heavy atom. The molecule has 0 amide bonds. The molecule has 6 aromatic carbocycles. The van der Waals surface area contributed by atoms with Crippen LogP contribution in [0.2, 0.25) is 0 Å². The Bertz CT molecular complexity index is 2090. The van der Waals surface area contributed by atoms with Crippen molar-refractivity contribution in [3.05, 3.63) is 127 Å². The van der Waals surface area contributed by atoms with Crippen LogP contribution >= 0.6 is 0 Å². The summed E-state index contributed by atoms with van der Waals surface area (Å²) < 4.78 is 2.41. The first-order valence-corrected chi connectivity index (χ1v) is 12.4. The van der Waals surface area contributed by atoms with E-state index in [0.717, 1.165) is 0 Å². The number of benzene rings is 6. The molecule has 2 aromatic heterocycles. The lowest BCUT2D eigenvalue weighted by Crippen LogP contribution is -1.93. The predicted octanol–water partition coefficient (Wildman–Crippen LogP) is 9.24. The normalized spacial score (nSPS) is 11.9. The van der Waals surface area contributed by atoms with E-state index in [-0.39, 0.29) is 0 Å². The van der Waals surface area contributed by atoms with E-state index in [4.69, 9.17) is 0 Å². The van der Waals surface area contributed by atoms with Crippen LogP contribution in [0.1, 0.15) is 0 Å². The first-order valence-electron chi connectivity index (χ1n) is 12.4. The van der Waals surface area contributed by atoms with Crippen LogP contribution in [0, 0.1) is 0 Å². The molecule has 0 saturated heterocycles. The van der Waals surface area contributed by atoms with E-state index in [9.17, 15) is 0 Å². The molecule has 0 atom stereocenters. The Morgan fingerprint density at radius 2 is 1.14 bits per heavy atom. The molecule has 2 heterocycles. The number of hydrogen-bond acceptors (Lipinski definition) is 0. The quantitative estimate of drug-likeness (QED) is 0.266. The highest BCUT2D eigenvalue weighted by molar-refractivity contribution is 6.19. The number of nitrogens with zero attached hydrogens (tertiary/aromatic N) is 1. The molecular weight excluding hydrogens is 436 g/mol. The molecule has 36 heavy (non-hydrogen) atoms. The molecule has 0 saturated carbocycles. The summed E-state index contributed by atoms with van der Waals surface area (Å²) in [6, 6.07) is 46.1. The molecule has 0 aliphatic carbocycles. The molecule has 0 spiro atoms. The number of rotatable bonds is 2. The summed E-state index contributed by atoms with van der Waals surface area (Å²) in [5.41, 5.74) is 8.46. The van der Waals surface area contributed by atoms with Crippen molar-refractivity contribution in [1.29, 1.82) is 0 Å². The van der Waals surface area contributed by atoms with Crippen molar-refractivity contribution < 1.29 is 0 Å². The fourth-order valence-electron chi connectivity index (χ4n) is 5.84. The van der Waals surface area contributed by atoms with E-state index in [0.29, 0.717) is 0 Å². The third-order valence-corrected chi connectivity index (χ3v) is 7.51. The van der Waals surface area contributed by atoms with Gasteiger partial charge in [0.2, 0.25) is 0 Å². The lowest BCUT2D eigenvalue weighted by molar-refractivity contribution is 1.19. The molecule has 0 unspecified atom stereocenters. The smallest absolute Gasteiger partial charge is 0.0619 e. The predicted molar refractivity (Wildman–Crippen MR) is 153 cm³/mol. The fourth-order valence-corrected chi connectivity index (χ4v) is 5.84. The SMILES string of the molecule is c1ccc(-n2c3ccc(-c4ccc5c(c4)[nH]c4ccccc45)cc3c3ccc4ccccc4c32)cc1. The molecule has 0 aliphatic rings. The number of fused-ring (bicyclic) bond motifs is 8. The van der Waals surface area contributed by atoms with Gasteiger partial charge in [0.15, 0.2) is 0 Å². The van der Waals surface area contributed by atoms with Crippen LogP contribution in [0.4, 0.5) is 0 Å². The number of hydrogen-bond donors (Lipinski definition) is 1. The molecule has 168 valence electrons. The van der Waals surface area contributed by atoms with Crippen molar-refractivity contribution in [1.82, 2.24) is 9.55 Å². The zero-order chi connectivity index (χ0) is 23.6. The van der Waals surface area contributed by atoms with E-state index in [2.05, 4.69) is 137 Å². The topological polar surface area (TPSA) is 20.7 Å². The second-order valence-electron chi connectivity index (χ2n) is 9.52. The van der Waals surface area contributed by atoms with Crippen LogP contribution in [-0.4, -0.2) is 9.55 Å². The first kappa shape index (κ1) is 19.5.